The maximum absolute atomic E-state index is 14.3. The van der Waals surface area contributed by atoms with Gasteiger partial charge in [0.05, 0.1) is 30.0 Å². The van der Waals surface area contributed by atoms with E-state index >= 15 is 0 Å². The van der Waals surface area contributed by atoms with Crippen LogP contribution in [-0.2, 0) is 4.79 Å². The third-order valence-electron chi connectivity index (χ3n) is 8.20. The molecule has 4 aromatic rings. The van der Waals surface area contributed by atoms with Crippen molar-refractivity contribution in [2.24, 2.45) is 4.99 Å². The van der Waals surface area contributed by atoms with Crippen LogP contribution in [0.4, 0.5) is 0 Å². The van der Waals surface area contributed by atoms with E-state index in [0.29, 0.717) is 50.8 Å². The number of hydrogen-bond donors (Lipinski definition) is 0. The molecule has 0 bridgehead atoms. The summed E-state index contributed by atoms with van der Waals surface area (Å²) in [6.07, 6.45) is 1.94. The number of fused-ring (bicyclic) bond motifs is 1. The van der Waals surface area contributed by atoms with Crippen molar-refractivity contribution in [2.45, 2.75) is 47.6 Å². The molecule has 5 rings (SSSR count). The van der Waals surface area contributed by atoms with E-state index in [1.54, 1.807) is 35.8 Å². The summed E-state index contributed by atoms with van der Waals surface area (Å²) >= 11 is 3.69. The third kappa shape index (κ3) is 5.53. The number of methoxy groups -OCH3 is 2. The fourth-order valence-corrected chi connectivity index (χ4v) is 7.35. The summed E-state index contributed by atoms with van der Waals surface area (Å²) in [4.78, 5) is 35.5. The number of nitrogens with zero attached hydrogens (tertiary/aromatic N) is 4. The lowest BCUT2D eigenvalue weighted by molar-refractivity contribution is -0.127. The molecule has 8 nitrogen and oxygen atoms in total. The topological polar surface area (TPSA) is 78.1 Å². The third-order valence-corrected chi connectivity index (χ3v) is 10.3. The Kier molecular flexibility index (Phi) is 9.22. The van der Waals surface area contributed by atoms with E-state index in [2.05, 4.69) is 72.2 Å². The number of aromatic nitrogens is 2. The highest BCUT2D eigenvalue weighted by Crippen LogP contribution is 2.38. The van der Waals surface area contributed by atoms with E-state index in [1.165, 1.54) is 20.5 Å². The molecule has 1 aliphatic heterocycles. The van der Waals surface area contributed by atoms with E-state index in [9.17, 15) is 9.59 Å². The average molecular weight is 725 g/mol. The van der Waals surface area contributed by atoms with Crippen LogP contribution in [0.5, 0.6) is 11.5 Å². The molecule has 1 atom stereocenters. The molecule has 0 aliphatic carbocycles. The van der Waals surface area contributed by atoms with Crippen LogP contribution >= 0.6 is 33.9 Å². The summed E-state index contributed by atoms with van der Waals surface area (Å²) in [7, 11) is 3.18. The molecule has 44 heavy (non-hydrogen) atoms. The van der Waals surface area contributed by atoms with Crippen molar-refractivity contribution in [2.75, 3.05) is 27.3 Å². The Morgan fingerprint density at radius 1 is 1.05 bits per heavy atom. The maximum Gasteiger partial charge on any atom is 0.271 e. The van der Waals surface area contributed by atoms with E-state index < -0.39 is 6.04 Å². The summed E-state index contributed by atoms with van der Waals surface area (Å²) in [5, 5.41) is 0. The highest BCUT2D eigenvalue weighted by molar-refractivity contribution is 14.1. The largest absolute Gasteiger partial charge is 0.497 e. The highest BCUT2D eigenvalue weighted by atomic mass is 127. The first-order chi connectivity index (χ1) is 21.0. The normalized spacial score (nSPS) is 14.8. The quantitative estimate of drug-likeness (QED) is 0.227. The molecule has 2 aromatic carbocycles. The zero-order valence-electron chi connectivity index (χ0n) is 26.3. The lowest BCUT2D eigenvalue weighted by Gasteiger charge is -2.30. The van der Waals surface area contributed by atoms with Gasteiger partial charge in [0.2, 0.25) is 0 Å². The van der Waals surface area contributed by atoms with Crippen LogP contribution in [0.3, 0.4) is 0 Å². The van der Waals surface area contributed by atoms with Gasteiger partial charge in [-0.1, -0.05) is 17.4 Å². The average Bonchev–Trinajstić information content (AvgIpc) is 3.47. The predicted molar refractivity (Wildman–Crippen MR) is 184 cm³/mol. The lowest BCUT2D eigenvalue weighted by atomic mass is 9.93. The summed E-state index contributed by atoms with van der Waals surface area (Å²) in [5.41, 5.74) is 6.85. The molecule has 0 spiro atoms. The van der Waals surface area contributed by atoms with Crippen LogP contribution in [0.2, 0.25) is 0 Å². The minimum absolute atomic E-state index is 0.156. The number of likely N-dealkylation sites (N-methyl/N-ethyl adjacent to an activating group) is 1. The summed E-state index contributed by atoms with van der Waals surface area (Å²) in [6, 6.07) is 13.2. The van der Waals surface area contributed by atoms with Gasteiger partial charge in [0.25, 0.3) is 11.5 Å². The molecule has 0 radical (unpaired) electrons. The maximum atomic E-state index is 14.3. The monoisotopic (exact) mass is 724 g/mol. The molecule has 10 heteroatoms. The van der Waals surface area contributed by atoms with Crippen LogP contribution < -0.4 is 24.4 Å². The van der Waals surface area contributed by atoms with Gasteiger partial charge < -0.3 is 18.9 Å². The number of benzene rings is 2. The Labute approximate surface area is 275 Å². The molecule has 230 valence electrons. The molecular weight excluding hydrogens is 687 g/mol. The molecule has 0 unspecified atom stereocenters. The smallest absolute Gasteiger partial charge is 0.271 e. The fraction of sp³-hybridized carbons (Fsp3) is 0.324. The summed E-state index contributed by atoms with van der Waals surface area (Å²) in [6.45, 7) is 13.0. The van der Waals surface area contributed by atoms with Gasteiger partial charge >= 0.3 is 0 Å². The second kappa shape index (κ2) is 12.8. The van der Waals surface area contributed by atoms with E-state index in [4.69, 9.17) is 14.5 Å². The molecule has 0 N–H and O–H groups in total. The van der Waals surface area contributed by atoms with Gasteiger partial charge in [0.15, 0.2) is 4.80 Å². The van der Waals surface area contributed by atoms with Crippen LogP contribution in [0.1, 0.15) is 54.9 Å². The molecule has 0 saturated heterocycles. The van der Waals surface area contributed by atoms with Crippen LogP contribution in [0.25, 0.3) is 11.8 Å². The molecule has 0 saturated carbocycles. The van der Waals surface area contributed by atoms with Crippen molar-refractivity contribution in [3.05, 3.63) is 105 Å². The van der Waals surface area contributed by atoms with E-state index in [-0.39, 0.29) is 11.5 Å². The Morgan fingerprint density at radius 3 is 2.41 bits per heavy atom. The number of amides is 1. The number of rotatable bonds is 8. The number of halogens is 1. The van der Waals surface area contributed by atoms with Crippen molar-refractivity contribution >= 4 is 45.9 Å². The second-order valence-electron chi connectivity index (χ2n) is 10.8. The number of aryl methyl sites for hydroxylation is 2. The van der Waals surface area contributed by atoms with Gasteiger partial charge in [-0.3, -0.25) is 14.2 Å². The predicted octanol–water partition coefficient (Wildman–Crippen LogP) is 5.44. The number of carbonyl (C=O) groups is 1. The Hall–Kier alpha value is -3.64. The first kappa shape index (κ1) is 31.8. The first-order valence-corrected chi connectivity index (χ1v) is 16.4. The van der Waals surface area contributed by atoms with Crippen molar-refractivity contribution < 1.29 is 14.3 Å². The number of ether oxygens (including phenoxy) is 2. The Bertz CT molecular complexity index is 1980. The standard InChI is InChI=1S/C34H37IN4O4S/c1-9-37(10-2)33(41)30-21(5)36-34-39(31(30)26-18-25(42-7)13-14-28(26)43-8)32(40)29(44-34)16-23-15-20(4)38(22(23)6)24-12-11-19(3)27(35)17-24/h11-18,31H,9-10H2,1-8H3/b29-16+/t31-/m0/s1. The van der Waals surface area contributed by atoms with Gasteiger partial charge in [-0.2, -0.15) is 0 Å². The van der Waals surface area contributed by atoms with Crippen LogP contribution in [0, 0.1) is 24.3 Å². The van der Waals surface area contributed by atoms with Gasteiger partial charge in [0, 0.05) is 39.3 Å². The summed E-state index contributed by atoms with van der Waals surface area (Å²) < 4.78 is 16.9. The van der Waals surface area contributed by atoms with Gasteiger partial charge in [-0.05, 0) is 118 Å². The lowest BCUT2D eigenvalue weighted by Crippen LogP contribution is -2.43. The number of carbonyl (C=O) groups excluding carboxylic acids is 1. The van der Waals surface area contributed by atoms with Crippen molar-refractivity contribution in [1.29, 1.82) is 0 Å². The van der Waals surface area contributed by atoms with Crippen molar-refractivity contribution in [1.82, 2.24) is 14.0 Å². The number of allylic oxidation sites excluding steroid dienone is 1. The number of hydrogen-bond acceptors (Lipinski definition) is 6. The second-order valence-corrected chi connectivity index (χ2v) is 12.9. The molecule has 1 amide bonds. The van der Waals surface area contributed by atoms with Gasteiger partial charge in [0.1, 0.15) is 17.5 Å². The Balaban J connectivity index is 1.74. The van der Waals surface area contributed by atoms with E-state index in [1.807, 2.05) is 32.9 Å². The zero-order valence-corrected chi connectivity index (χ0v) is 29.3. The van der Waals surface area contributed by atoms with E-state index in [0.717, 1.165) is 22.6 Å². The minimum Gasteiger partial charge on any atom is -0.497 e. The Morgan fingerprint density at radius 2 is 1.77 bits per heavy atom. The highest BCUT2D eigenvalue weighted by Gasteiger charge is 2.36. The molecule has 0 fully saturated rings. The molecule has 2 aromatic heterocycles. The van der Waals surface area contributed by atoms with Crippen LogP contribution in [-0.4, -0.2) is 47.3 Å². The molecule has 3 heterocycles. The summed E-state index contributed by atoms with van der Waals surface area (Å²) in [5.74, 6) is 1.00. The molecular formula is C34H37IN4O4S. The van der Waals surface area contributed by atoms with Crippen molar-refractivity contribution in [3.63, 3.8) is 0 Å². The van der Waals surface area contributed by atoms with Crippen molar-refractivity contribution in [3.8, 4) is 17.2 Å². The van der Waals surface area contributed by atoms with Crippen LogP contribution in [0.15, 0.2) is 63.5 Å². The van der Waals surface area contributed by atoms with Gasteiger partial charge in [-0.15, -0.1) is 0 Å². The number of thiazole rings is 1. The van der Waals surface area contributed by atoms with Gasteiger partial charge in [-0.25, -0.2) is 4.99 Å². The molecule has 1 aliphatic rings. The fourth-order valence-electron chi connectivity index (χ4n) is 5.82. The first-order valence-electron chi connectivity index (χ1n) is 14.5. The zero-order chi connectivity index (χ0) is 31.9. The minimum atomic E-state index is -0.742. The SMILES string of the molecule is CCN(CC)C(=O)C1=C(C)N=c2s/c(=C/c3cc(C)n(-c4ccc(C)c(I)c4)c3C)c(=O)n2[C@H]1c1cc(OC)ccc1OC.